The van der Waals surface area contributed by atoms with E-state index in [9.17, 15) is 14.0 Å². The number of hydrogen-bond donors (Lipinski definition) is 1. The monoisotopic (exact) mass is 413 g/mol. The van der Waals surface area contributed by atoms with Crippen LogP contribution in [0.25, 0.3) is 0 Å². The Labute approximate surface area is 168 Å². The molecule has 146 valence electrons. The first-order valence-corrected chi connectivity index (χ1v) is 8.81. The Bertz CT molecular complexity index is 1140. The van der Waals surface area contributed by atoms with Gasteiger partial charge < -0.3 is 10.1 Å². The molecule has 0 fully saturated rings. The van der Waals surface area contributed by atoms with Crippen molar-refractivity contribution in [1.29, 1.82) is 0 Å². The molecule has 0 radical (unpaired) electrons. The van der Waals surface area contributed by atoms with E-state index in [0.717, 1.165) is 12.1 Å². The Hall–Kier alpha value is -3.59. The molecule has 0 amide bonds. The van der Waals surface area contributed by atoms with Crippen LogP contribution in [0.2, 0.25) is 5.02 Å². The normalized spacial score (nSPS) is 15.5. The van der Waals surface area contributed by atoms with E-state index in [1.54, 1.807) is 24.3 Å². The number of esters is 1. The van der Waals surface area contributed by atoms with Gasteiger partial charge in [-0.05, 0) is 40.8 Å². The van der Waals surface area contributed by atoms with Crippen molar-refractivity contribution < 1.29 is 18.7 Å². The molecule has 0 unspecified atom stereocenters. The molecular weight excluding hydrogens is 401 g/mol. The van der Waals surface area contributed by atoms with Gasteiger partial charge in [0.25, 0.3) is 0 Å². The van der Waals surface area contributed by atoms with Crippen molar-refractivity contribution in [2.45, 2.75) is 6.04 Å². The number of anilines is 1. The predicted octanol–water partition coefficient (Wildman–Crippen LogP) is 2.79. The largest absolute Gasteiger partial charge is 0.464 e. The van der Waals surface area contributed by atoms with Crippen molar-refractivity contribution in [1.82, 2.24) is 20.2 Å². The lowest BCUT2D eigenvalue weighted by molar-refractivity contribution is -0.136. The lowest BCUT2D eigenvalue weighted by Gasteiger charge is -2.28. The quantitative estimate of drug-likeness (QED) is 0.518. The number of carbonyl (C=O) groups excluding carboxylic acids is 2. The third kappa shape index (κ3) is 3.25. The number of rotatable bonds is 4. The van der Waals surface area contributed by atoms with Crippen molar-refractivity contribution in [2.75, 3.05) is 12.4 Å². The van der Waals surface area contributed by atoms with Crippen molar-refractivity contribution in [3.05, 3.63) is 81.8 Å². The zero-order valence-electron chi connectivity index (χ0n) is 15.0. The van der Waals surface area contributed by atoms with Gasteiger partial charge >= 0.3 is 5.97 Å². The summed E-state index contributed by atoms with van der Waals surface area (Å²) in [5, 5.41) is 14.5. The summed E-state index contributed by atoms with van der Waals surface area (Å²) in [5.41, 5.74) is 0.597. The summed E-state index contributed by atoms with van der Waals surface area (Å²) in [6.07, 6.45) is 0. The summed E-state index contributed by atoms with van der Waals surface area (Å²) >= 11 is 6.39. The first-order valence-electron chi connectivity index (χ1n) is 8.43. The first-order chi connectivity index (χ1) is 14.0. The fourth-order valence-corrected chi connectivity index (χ4v) is 3.37. The number of benzene rings is 2. The molecule has 2 heterocycles. The standard InChI is InChI=1S/C19H13ClFN5O3/c1-29-18(28)15-14(17(27)10-6-8-11(21)9-7-10)16(12-4-2-3-5-13(12)20)26-19(22-15)23-24-25-26/h2-9,16H,1H3,(H,22,23,25)/t16-/m0/s1. The lowest BCUT2D eigenvalue weighted by atomic mass is 9.89. The number of nitrogens with one attached hydrogen (secondary N) is 1. The number of Topliss-reactive ketones (excluding diaryl/α,β-unsaturated/α-hetero) is 1. The number of halogens is 2. The van der Waals surface area contributed by atoms with E-state index in [0.29, 0.717) is 10.6 Å². The van der Waals surface area contributed by atoms with Crippen LogP contribution in [-0.4, -0.2) is 39.1 Å². The average molecular weight is 414 g/mol. The molecular formula is C19H13ClFN5O3. The van der Waals surface area contributed by atoms with Crippen molar-refractivity contribution in [3.8, 4) is 0 Å². The molecule has 0 spiro atoms. The number of ketones is 1. The highest BCUT2D eigenvalue weighted by Crippen LogP contribution is 2.39. The van der Waals surface area contributed by atoms with E-state index in [1.165, 1.54) is 23.9 Å². The molecule has 1 aliphatic rings. The van der Waals surface area contributed by atoms with E-state index >= 15 is 0 Å². The zero-order valence-corrected chi connectivity index (χ0v) is 15.7. The SMILES string of the molecule is COC(=O)C1=C(C(=O)c2ccc(F)cc2)[C@H](c2ccccc2Cl)n2nnnc2N1. The Morgan fingerprint density at radius 3 is 2.59 bits per heavy atom. The number of methoxy groups -OCH3 is 1. The number of tetrazole rings is 1. The molecule has 0 bridgehead atoms. The van der Waals surface area contributed by atoms with Crippen LogP contribution < -0.4 is 5.32 Å². The molecule has 2 aromatic carbocycles. The number of allylic oxidation sites excluding steroid dienone is 1. The van der Waals surface area contributed by atoms with Crippen LogP contribution in [0.4, 0.5) is 10.3 Å². The average Bonchev–Trinajstić information content (AvgIpc) is 3.21. The van der Waals surface area contributed by atoms with Crippen LogP contribution in [-0.2, 0) is 9.53 Å². The molecule has 4 rings (SSSR count). The van der Waals surface area contributed by atoms with E-state index in [2.05, 4.69) is 20.8 Å². The Balaban J connectivity index is 1.97. The van der Waals surface area contributed by atoms with E-state index in [1.807, 2.05) is 0 Å². The van der Waals surface area contributed by atoms with Crippen LogP contribution in [0.1, 0.15) is 22.0 Å². The maximum absolute atomic E-state index is 13.4. The van der Waals surface area contributed by atoms with Gasteiger partial charge in [0.2, 0.25) is 5.95 Å². The number of fused-ring (bicyclic) bond motifs is 1. The van der Waals surface area contributed by atoms with Gasteiger partial charge in [-0.2, -0.15) is 4.68 Å². The van der Waals surface area contributed by atoms with Gasteiger partial charge in [0.15, 0.2) is 5.78 Å². The van der Waals surface area contributed by atoms with Gasteiger partial charge in [0.1, 0.15) is 17.6 Å². The predicted molar refractivity (Wildman–Crippen MR) is 101 cm³/mol. The summed E-state index contributed by atoms with van der Waals surface area (Å²) < 4.78 is 19.5. The molecule has 3 aromatic rings. The topological polar surface area (TPSA) is 99.0 Å². The van der Waals surface area contributed by atoms with E-state index < -0.39 is 23.6 Å². The highest BCUT2D eigenvalue weighted by molar-refractivity contribution is 6.31. The number of ether oxygens (including phenoxy) is 1. The summed E-state index contributed by atoms with van der Waals surface area (Å²) in [6.45, 7) is 0. The van der Waals surface area contributed by atoms with Crippen molar-refractivity contribution in [3.63, 3.8) is 0 Å². The van der Waals surface area contributed by atoms with Crippen molar-refractivity contribution >= 4 is 29.3 Å². The molecule has 0 saturated carbocycles. The molecule has 1 aliphatic heterocycles. The maximum atomic E-state index is 13.4. The van der Waals surface area contributed by atoms with Gasteiger partial charge in [-0.3, -0.25) is 4.79 Å². The smallest absolute Gasteiger partial charge is 0.355 e. The minimum atomic E-state index is -0.901. The Kier molecular flexibility index (Phi) is 4.81. The zero-order chi connectivity index (χ0) is 20.5. The molecule has 1 atom stereocenters. The molecule has 29 heavy (non-hydrogen) atoms. The van der Waals surface area contributed by atoms with Gasteiger partial charge in [-0.15, -0.1) is 0 Å². The van der Waals surface area contributed by atoms with Crippen LogP contribution in [0, 0.1) is 5.82 Å². The summed E-state index contributed by atoms with van der Waals surface area (Å²) in [5.74, 6) is -1.65. The molecule has 0 aliphatic carbocycles. The van der Waals surface area contributed by atoms with Gasteiger partial charge in [0.05, 0.1) is 12.7 Å². The number of nitrogens with zero attached hydrogens (tertiary/aromatic N) is 4. The summed E-state index contributed by atoms with van der Waals surface area (Å²) in [6, 6.07) is 10.9. The van der Waals surface area contributed by atoms with Gasteiger partial charge in [0, 0.05) is 16.1 Å². The third-order valence-corrected chi connectivity index (χ3v) is 4.80. The summed E-state index contributed by atoms with van der Waals surface area (Å²) in [7, 11) is 1.19. The second kappa shape index (κ2) is 7.44. The van der Waals surface area contributed by atoms with E-state index in [-0.39, 0.29) is 22.8 Å². The number of hydrogen-bond acceptors (Lipinski definition) is 7. The molecule has 10 heteroatoms. The van der Waals surface area contributed by atoms with Gasteiger partial charge in [-0.25, -0.2) is 9.18 Å². The van der Waals surface area contributed by atoms with Crippen molar-refractivity contribution in [2.24, 2.45) is 0 Å². The third-order valence-electron chi connectivity index (χ3n) is 4.46. The van der Waals surface area contributed by atoms with Crippen LogP contribution in [0.5, 0.6) is 0 Å². The van der Waals surface area contributed by atoms with Gasteiger partial charge in [-0.1, -0.05) is 34.9 Å². The van der Waals surface area contributed by atoms with Crippen LogP contribution in [0.15, 0.2) is 59.8 Å². The second-order valence-electron chi connectivity index (χ2n) is 6.11. The minimum absolute atomic E-state index is 0.0244. The number of carbonyl (C=O) groups is 2. The molecule has 1 N–H and O–H groups in total. The lowest BCUT2D eigenvalue weighted by Crippen LogP contribution is -2.33. The highest BCUT2D eigenvalue weighted by Gasteiger charge is 2.39. The molecule has 8 nitrogen and oxygen atoms in total. The Morgan fingerprint density at radius 2 is 1.90 bits per heavy atom. The maximum Gasteiger partial charge on any atom is 0.355 e. The van der Waals surface area contributed by atoms with Crippen LogP contribution in [0.3, 0.4) is 0 Å². The van der Waals surface area contributed by atoms with Crippen LogP contribution >= 0.6 is 11.6 Å². The molecule has 1 aromatic heterocycles. The second-order valence-corrected chi connectivity index (χ2v) is 6.52. The first kappa shape index (κ1) is 18.8. The minimum Gasteiger partial charge on any atom is -0.464 e. The van der Waals surface area contributed by atoms with E-state index in [4.69, 9.17) is 16.3 Å². The summed E-state index contributed by atoms with van der Waals surface area (Å²) in [4.78, 5) is 25.9. The fraction of sp³-hybridized carbons (Fsp3) is 0.105. The highest BCUT2D eigenvalue weighted by atomic mass is 35.5. The molecule has 0 saturated heterocycles. The fourth-order valence-electron chi connectivity index (χ4n) is 3.13. The number of aromatic nitrogens is 4. The Morgan fingerprint density at radius 1 is 1.17 bits per heavy atom.